The van der Waals surface area contributed by atoms with Crippen LogP contribution in [-0.2, 0) is 16.2 Å². The lowest BCUT2D eigenvalue weighted by Crippen LogP contribution is -2.50. The molecule has 28 heavy (non-hydrogen) atoms. The van der Waals surface area contributed by atoms with E-state index in [0.29, 0.717) is 37.5 Å². The van der Waals surface area contributed by atoms with Crippen LogP contribution in [0.2, 0.25) is 0 Å². The maximum atomic E-state index is 12.8. The van der Waals surface area contributed by atoms with E-state index in [0.717, 1.165) is 37.2 Å². The third kappa shape index (κ3) is 4.36. The van der Waals surface area contributed by atoms with Gasteiger partial charge in [0.15, 0.2) is 0 Å². The van der Waals surface area contributed by atoms with Crippen LogP contribution in [0.15, 0.2) is 11.4 Å². The fourth-order valence-corrected chi connectivity index (χ4v) is 3.94. The number of hydrogen-bond donors (Lipinski definition) is 1. The van der Waals surface area contributed by atoms with E-state index in [2.05, 4.69) is 22.5 Å². The van der Waals surface area contributed by atoms with Gasteiger partial charge in [-0.25, -0.2) is 0 Å². The van der Waals surface area contributed by atoms with Gasteiger partial charge in [-0.15, -0.1) is 0 Å². The van der Waals surface area contributed by atoms with Gasteiger partial charge in [-0.3, -0.25) is 14.3 Å². The summed E-state index contributed by atoms with van der Waals surface area (Å²) in [5, 5.41) is 11.4. The van der Waals surface area contributed by atoms with Crippen LogP contribution in [0, 0.1) is 12.8 Å². The topological polar surface area (TPSA) is 88.8 Å². The second-order valence-electron chi connectivity index (χ2n) is 8.16. The number of nitrogens with one attached hydrogen (secondary N) is 1. The Labute approximate surface area is 166 Å². The van der Waals surface area contributed by atoms with Crippen molar-refractivity contribution in [2.75, 3.05) is 19.6 Å². The molecule has 1 unspecified atom stereocenters. The summed E-state index contributed by atoms with van der Waals surface area (Å²) in [5.74, 6) is 0.307. The van der Waals surface area contributed by atoms with Gasteiger partial charge < -0.3 is 15.1 Å². The predicted octanol–water partition coefficient (Wildman–Crippen LogP) is 2.12. The summed E-state index contributed by atoms with van der Waals surface area (Å²) in [6.45, 7) is 10.4. The molecule has 1 saturated heterocycles. The maximum absolute atomic E-state index is 12.8. The fraction of sp³-hybridized carbons (Fsp3) is 0.700. The number of rotatable bonds is 6. The van der Waals surface area contributed by atoms with Crippen LogP contribution in [0.3, 0.4) is 0 Å². The average Bonchev–Trinajstić information content (AvgIpc) is 3.22. The lowest BCUT2D eigenvalue weighted by molar-refractivity contribution is -0.154. The van der Waals surface area contributed by atoms with Crippen molar-refractivity contribution in [3.8, 4) is 0 Å². The van der Waals surface area contributed by atoms with Crippen LogP contribution in [-0.4, -0.2) is 57.4 Å². The molecule has 0 radical (unpaired) electrons. The van der Waals surface area contributed by atoms with E-state index in [1.165, 1.54) is 0 Å². The summed E-state index contributed by atoms with van der Waals surface area (Å²) in [7, 11) is 0. The Hall–Kier alpha value is -2.38. The molecule has 0 spiro atoms. The minimum atomic E-state index is -0.860. The van der Waals surface area contributed by atoms with E-state index in [-0.39, 0.29) is 11.8 Å². The summed E-state index contributed by atoms with van der Waals surface area (Å²) >= 11 is 0. The van der Waals surface area contributed by atoms with Crippen molar-refractivity contribution in [2.24, 2.45) is 11.1 Å². The molecule has 1 atom stereocenters. The second kappa shape index (κ2) is 8.32. The number of carbonyl (C=O) groups excluding carboxylic acids is 2. The van der Waals surface area contributed by atoms with E-state index in [4.69, 9.17) is 4.84 Å². The number of aryl methyl sites for hydroxylation is 2. The van der Waals surface area contributed by atoms with E-state index >= 15 is 0 Å². The third-order valence-corrected chi connectivity index (χ3v) is 5.55. The van der Waals surface area contributed by atoms with Crippen LogP contribution < -0.4 is 5.32 Å². The molecule has 1 N–H and O–H groups in total. The Morgan fingerprint density at radius 1 is 1.32 bits per heavy atom. The largest absolute Gasteiger partial charge is 0.379 e. The lowest BCUT2D eigenvalue weighted by Gasteiger charge is -2.35. The predicted molar refractivity (Wildman–Crippen MR) is 106 cm³/mol. The SMILES string of the molecule is CCCn1cc(C(=O)NCC2CCN(C(=O)C3(C)CC(C)=NO3)CC2)c(C)n1. The monoisotopic (exact) mass is 389 g/mol. The highest BCUT2D eigenvalue weighted by Gasteiger charge is 2.44. The number of hydrogen-bond acceptors (Lipinski definition) is 5. The van der Waals surface area contributed by atoms with Gasteiger partial charge in [-0.1, -0.05) is 12.1 Å². The van der Waals surface area contributed by atoms with Crippen LogP contribution in [0.4, 0.5) is 0 Å². The molecule has 3 heterocycles. The van der Waals surface area contributed by atoms with E-state index < -0.39 is 5.60 Å². The summed E-state index contributed by atoms with van der Waals surface area (Å²) in [6.07, 6.45) is 5.09. The normalized spacial score (nSPS) is 22.7. The van der Waals surface area contributed by atoms with Gasteiger partial charge >= 0.3 is 0 Å². The van der Waals surface area contributed by atoms with Crippen molar-refractivity contribution in [2.45, 2.75) is 65.5 Å². The Morgan fingerprint density at radius 2 is 2.04 bits per heavy atom. The Bertz CT molecular complexity index is 764. The molecule has 2 amide bonds. The van der Waals surface area contributed by atoms with Crippen molar-refractivity contribution in [1.29, 1.82) is 0 Å². The Balaban J connectivity index is 1.46. The molecule has 3 rings (SSSR count). The fourth-order valence-electron chi connectivity index (χ4n) is 3.94. The highest BCUT2D eigenvalue weighted by Crippen LogP contribution is 2.28. The molecule has 1 fully saturated rings. The Morgan fingerprint density at radius 3 is 2.64 bits per heavy atom. The van der Waals surface area contributed by atoms with Crippen molar-refractivity contribution in [1.82, 2.24) is 20.0 Å². The van der Waals surface area contributed by atoms with Crippen molar-refractivity contribution < 1.29 is 14.4 Å². The quantitative estimate of drug-likeness (QED) is 0.807. The molecule has 0 aliphatic carbocycles. The van der Waals surface area contributed by atoms with E-state index in [1.54, 1.807) is 0 Å². The van der Waals surface area contributed by atoms with E-state index in [9.17, 15) is 9.59 Å². The molecule has 8 nitrogen and oxygen atoms in total. The summed E-state index contributed by atoms with van der Waals surface area (Å²) in [5.41, 5.74) is 1.39. The summed E-state index contributed by atoms with van der Waals surface area (Å²) < 4.78 is 1.82. The Kier molecular flexibility index (Phi) is 6.05. The lowest BCUT2D eigenvalue weighted by atomic mass is 9.93. The standard InChI is InChI=1S/C20H31N5O3/c1-5-8-25-13-17(15(3)22-25)18(26)21-12-16-6-9-24(10-7-16)19(27)20(4)11-14(2)23-28-20/h13,16H,5-12H2,1-4H3,(H,21,26). The number of aromatic nitrogens is 2. The minimum Gasteiger partial charge on any atom is -0.379 e. The first-order chi connectivity index (χ1) is 13.3. The van der Waals surface area contributed by atoms with Gasteiger partial charge in [0.1, 0.15) is 0 Å². The van der Waals surface area contributed by atoms with Gasteiger partial charge in [-0.05, 0) is 46.0 Å². The first-order valence-electron chi connectivity index (χ1n) is 10.2. The van der Waals surface area contributed by atoms with Crippen LogP contribution >= 0.6 is 0 Å². The highest BCUT2D eigenvalue weighted by atomic mass is 16.7. The summed E-state index contributed by atoms with van der Waals surface area (Å²) in [4.78, 5) is 32.5. The van der Waals surface area contributed by atoms with Crippen LogP contribution in [0.25, 0.3) is 0 Å². The molecule has 0 saturated carbocycles. The van der Waals surface area contributed by atoms with Crippen LogP contribution in [0.5, 0.6) is 0 Å². The van der Waals surface area contributed by atoms with Gasteiger partial charge in [0.25, 0.3) is 11.8 Å². The smallest absolute Gasteiger partial charge is 0.269 e. The molecule has 2 aliphatic rings. The van der Waals surface area contributed by atoms with Gasteiger partial charge in [0.05, 0.1) is 17.0 Å². The number of likely N-dealkylation sites (tertiary alicyclic amines) is 1. The molecule has 0 bridgehead atoms. The number of nitrogens with zero attached hydrogens (tertiary/aromatic N) is 4. The first kappa shape index (κ1) is 20.4. The number of oxime groups is 1. The molecule has 1 aromatic heterocycles. The number of amides is 2. The van der Waals surface area contributed by atoms with Gasteiger partial charge in [-0.2, -0.15) is 5.10 Å². The molecule has 0 aromatic carbocycles. The number of piperidine rings is 1. The zero-order valence-corrected chi connectivity index (χ0v) is 17.3. The molecule has 154 valence electrons. The molecular weight excluding hydrogens is 358 g/mol. The van der Waals surface area contributed by atoms with E-state index in [1.807, 2.05) is 36.5 Å². The molecule has 1 aromatic rings. The third-order valence-electron chi connectivity index (χ3n) is 5.55. The van der Waals surface area contributed by atoms with Crippen LogP contribution in [0.1, 0.15) is 62.5 Å². The first-order valence-corrected chi connectivity index (χ1v) is 10.2. The van der Waals surface area contributed by atoms with Gasteiger partial charge in [0.2, 0.25) is 5.60 Å². The summed E-state index contributed by atoms with van der Waals surface area (Å²) in [6, 6.07) is 0. The second-order valence-corrected chi connectivity index (χ2v) is 8.16. The van der Waals surface area contributed by atoms with Crippen molar-refractivity contribution in [3.05, 3.63) is 17.5 Å². The number of carbonyl (C=O) groups is 2. The van der Waals surface area contributed by atoms with Crippen molar-refractivity contribution in [3.63, 3.8) is 0 Å². The van der Waals surface area contributed by atoms with Gasteiger partial charge in [0, 0.05) is 38.8 Å². The molecular formula is C20H31N5O3. The zero-order valence-electron chi connectivity index (χ0n) is 17.3. The molecule has 2 aliphatic heterocycles. The minimum absolute atomic E-state index is 0.00884. The zero-order chi connectivity index (χ0) is 20.3. The van der Waals surface area contributed by atoms with Crippen molar-refractivity contribution >= 4 is 17.5 Å². The average molecular weight is 390 g/mol. The maximum Gasteiger partial charge on any atom is 0.269 e. The highest BCUT2D eigenvalue weighted by molar-refractivity contribution is 5.95. The molecule has 8 heteroatoms.